The number of carbonyl (C=O) groups is 2. The molecule has 4 rings (SSSR count). The summed E-state index contributed by atoms with van der Waals surface area (Å²) < 4.78 is 10.8. The molecule has 0 amide bonds. The van der Waals surface area contributed by atoms with E-state index in [1.54, 1.807) is 0 Å². The third-order valence-electron chi connectivity index (χ3n) is 5.38. The van der Waals surface area contributed by atoms with Crippen LogP contribution in [-0.2, 0) is 25.5 Å². The summed E-state index contributed by atoms with van der Waals surface area (Å²) in [4.78, 5) is 24.2. The van der Waals surface area contributed by atoms with E-state index in [0.29, 0.717) is 6.42 Å². The van der Waals surface area contributed by atoms with Crippen LogP contribution in [0.25, 0.3) is 0 Å². The van der Waals surface area contributed by atoms with Crippen molar-refractivity contribution in [3.05, 3.63) is 34.9 Å². The molecule has 2 heterocycles. The minimum atomic E-state index is -0.411. The molecule has 1 aromatic rings. The topological polar surface area (TPSA) is 52.6 Å². The van der Waals surface area contributed by atoms with E-state index in [9.17, 15) is 9.59 Å². The van der Waals surface area contributed by atoms with E-state index in [4.69, 9.17) is 9.47 Å². The van der Waals surface area contributed by atoms with Gasteiger partial charge in [-0.3, -0.25) is 9.59 Å². The first kappa shape index (κ1) is 13.9. The molecule has 4 unspecified atom stereocenters. The van der Waals surface area contributed by atoms with E-state index in [1.165, 1.54) is 11.1 Å². The van der Waals surface area contributed by atoms with E-state index in [0.717, 1.165) is 31.4 Å². The maximum absolute atomic E-state index is 12.1. The predicted octanol–water partition coefficient (Wildman–Crippen LogP) is 2.70. The summed E-state index contributed by atoms with van der Waals surface area (Å²) >= 11 is 0. The molecule has 2 fully saturated rings. The highest BCUT2D eigenvalue weighted by Crippen LogP contribution is 2.49. The van der Waals surface area contributed by atoms with E-state index in [2.05, 4.69) is 25.1 Å². The molecule has 4 nitrogen and oxygen atoms in total. The van der Waals surface area contributed by atoms with Crippen molar-refractivity contribution in [2.75, 3.05) is 6.61 Å². The van der Waals surface area contributed by atoms with Crippen molar-refractivity contribution in [1.29, 1.82) is 0 Å². The van der Waals surface area contributed by atoms with Crippen LogP contribution in [0.1, 0.15) is 54.7 Å². The summed E-state index contributed by atoms with van der Waals surface area (Å²) in [7, 11) is 0. The smallest absolute Gasteiger partial charge is 0.321 e. The van der Waals surface area contributed by atoms with Crippen LogP contribution in [-0.4, -0.2) is 24.6 Å². The van der Waals surface area contributed by atoms with Crippen molar-refractivity contribution in [3.8, 4) is 0 Å². The highest BCUT2D eigenvalue weighted by molar-refractivity contribution is 6.00. The minimum absolute atomic E-state index is 0.163. The number of ether oxygens (including phenoxy) is 2. The van der Waals surface area contributed by atoms with Crippen LogP contribution < -0.4 is 0 Å². The van der Waals surface area contributed by atoms with Gasteiger partial charge < -0.3 is 9.47 Å². The zero-order valence-corrected chi connectivity index (χ0v) is 12.7. The Morgan fingerprint density at radius 2 is 2.00 bits per heavy atom. The normalized spacial score (nSPS) is 33.5. The van der Waals surface area contributed by atoms with Gasteiger partial charge in [0.25, 0.3) is 0 Å². The minimum Gasteiger partial charge on any atom is -0.392 e. The molecular weight excluding hydrogens is 280 g/mol. The standard InChI is InChI=1S/C18H20O4/c1-2-10-5-6-11-12(15-4-3-7-21-15)9-14-16(13(11)8-10)18(20)22-17(14)19/h5-6,8,12,14-16H,2-4,7,9H2,1H3. The monoisotopic (exact) mass is 300 g/mol. The Balaban J connectivity index is 1.82. The molecule has 116 valence electrons. The highest BCUT2D eigenvalue weighted by Gasteiger charge is 2.51. The lowest BCUT2D eigenvalue weighted by Crippen LogP contribution is -2.31. The van der Waals surface area contributed by atoms with E-state index in [-0.39, 0.29) is 29.9 Å². The second kappa shape index (κ2) is 5.20. The number of rotatable bonds is 2. The lowest BCUT2D eigenvalue weighted by molar-refractivity contribution is -0.153. The number of aryl methyl sites for hydroxylation is 1. The fourth-order valence-electron chi connectivity index (χ4n) is 4.24. The molecule has 0 N–H and O–H groups in total. The molecule has 0 aromatic heterocycles. The van der Waals surface area contributed by atoms with Crippen LogP contribution in [0.4, 0.5) is 0 Å². The highest BCUT2D eigenvalue weighted by atomic mass is 16.6. The fraction of sp³-hybridized carbons (Fsp3) is 0.556. The van der Waals surface area contributed by atoms with Crippen molar-refractivity contribution in [3.63, 3.8) is 0 Å². The number of hydrogen-bond acceptors (Lipinski definition) is 4. The summed E-state index contributed by atoms with van der Waals surface area (Å²) in [5.41, 5.74) is 3.36. The van der Waals surface area contributed by atoms with E-state index in [1.807, 2.05) is 0 Å². The molecule has 22 heavy (non-hydrogen) atoms. The van der Waals surface area contributed by atoms with Gasteiger partial charge in [0.2, 0.25) is 0 Å². The van der Waals surface area contributed by atoms with Crippen molar-refractivity contribution in [2.45, 2.75) is 50.5 Å². The van der Waals surface area contributed by atoms with Gasteiger partial charge in [0.1, 0.15) is 0 Å². The molecule has 2 aliphatic heterocycles. The second-order valence-electron chi connectivity index (χ2n) is 6.53. The van der Waals surface area contributed by atoms with Gasteiger partial charge in [-0.25, -0.2) is 0 Å². The zero-order chi connectivity index (χ0) is 15.3. The summed E-state index contributed by atoms with van der Waals surface area (Å²) in [5.74, 6) is -1.28. The molecule has 0 spiro atoms. The molecule has 1 aliphatic carbocycles. The summed E-state index contributed by atoms with van der Waals surface area (Å²) in [6.45, 7) is 2.89. The average molecular weight is 300 g/mol. The third-order valence-corrected chi connectivity index (χ3v) is 5.38. The summed E-state index contributed by atoms with van der Waals surface area (Å²) in [5, 5.41) is 0. The van der Waals surface area contributed by atoms with Crippen molar-refractivity contribution >= 4 is 11.9 Å². The van der Waals surface area contributed by atoms with Crippen LogP contribution >= 0.6 is 0 Å². The Morgan fingerprint density at radius 3 is 2.73 bits per heavy atom. The number of hydrogen-bond donors (Lipinski definition) is 0. The van der Waals surface area contributed by atoms with Crippen LogP contribution in [0.2, 0.25) is 0 Å². The maximum atomic E-state index is 12.1. The summed E-state index contributed by atoms with van der Waals surface area (Å²) in [6.07, 6.45) is 3.84. The molecule has 1 aromatic carbocycles. The number of fused-ring (bicyclic) bond motifs is 3. The quantitative estimate of drug-likeness (QED) is 0.622. The molecular formula is C18H20O4. The Labute approximate surface area is 129 Å². The van der Waals surface area contributed by atoms with Crippen LogP contribution in [0.15, 0.2) is 18.2 Å². The Morgan fingerprint density at radius 1 is 1.14 bits per heavy atom. The SMILES string of the molecule is CCc1ccc2c(c1)C1C(=O)OC(=O)C1CC2C1CCCO1. The Hall–Kier alpha value is -1.68. The predicted molar refractivity (Wildman–Crippen MR) is 79.5 cm³/mol. The third kappa shape index (κ3) is 2.01. The average Bonchev–Trinajstić information content (AvgIpc) is 3.15. The maximum Gasteiger partial charge on any atom is 0.321 e. The van der Waals surface area contributed by atoms with E-state index >= 15 is 0 Å². The van der Waals surface area contributed by atoms with Crippen LogP contribution in [0, 0.1) is 5.92 Å². The summed E-state index contributed by atoms with van der Waals surface area (Å²) in [6, 6.07) is 6.35. The van der Waals surface area contributed by atoms with Gasteiger partial charge in [-0.05, 0) is 42.4 Å². The van der Waals surface area contributed by atoms with Crippen LogP contribution in [0.5, 0.6) is 0 Å². The molecule has 2 saturated heterocycles. The van der Waals surface area contributed by atoms with Gasteiger partial charge >= 0.3 is 11.9 Å². The molecule has 0 saturated carbocycles. The molecule has 4 atom stereocenters. The first-order valence-corrected chi connectivity index (χ1v) is 8.19. The van der Waals surface area contributed by atoms with Gasteiger partial charge in [-0.2, -0.15) is 0 Å². The first-order chi connectivity index (χ1) is 10.7. The van der Waals surface area contributed by atoms with Gasteiger partial charge in [0, 0.05) is 12.5 Å². The van der Waals surface area contributed by atoms with Crippen molar-refractivity contribution in [1.82, 2.24) is 0 Å². The van der Waals surface area contributed by atoms with Gasteiger partial charge in [-0.1, -0.05) is 25.1 Å². The molecule has 0 radical (unpaired) electrons. The lowest BCUT2D eigenvalue weighted by Gasteiger charge is -2.34. The number of cyclic esters (lactones) is 2. The van der Waals surface area contributed by atoms with Gasteiger partial charge in [0.05, 0.1) is 17.9 Å². The first-order valence-electron chi connectivity index (χ1n) is 8.19. The van der Waals surface area contributed by atoms with Gasteiger partial charge in [0.15, 0.2) is 0 Å². The Bertz CT molecular complexity index is 630. The number of benzene rings is 1. The van der Waals surface area contributed by atoms with E-state index < -0.39 is 5.92 Å². The number of esters is 2. The molecule has 0 bridgehead atoms. The largest absolute Gasteiger partial charge is 0.392 e. The molecule has 3 aliphatic rings. The molecule has 4 heteroatoms. The van der Waals surface area contributed by atoms with Crippen LogP contribution in [0.3, 0.4) is 0 Å². The van der Waals surface area contributed by atoms with Gasteiger partial charge in [-0.15, -0.1) is 0 Å². The second-order valence-corrected chi connectivity index (χ2v) is 6.53. The lowest BCUT2D eigenvalue weighted by atomic mass is 9.69. The van der Waals surface area contributed by atoms with Crippen molar-refractivity contribution < 1.29 is 19.1 Å². The van der Waals surface area contributed by atoms with Crippen molar-refractivity contribution in [2.24, 2.45) is 5.92 Å². The fourth-order valence-corrected chi connectivity index (χ4v) is 4.24. The number of carbonyl (C=O) groups excluding carboxylic acids is 2. The Kier molecular flexibility index (Phi) is 3.30. The zero-order valence-electron chi connectivity index (χ0n) is 12.7.